The maximum absolute atomic E-state index is 13.0. The molecule has 0 N–H and O–H groups in total. The van der Waals surface area contributed by atoms with Gasteiger partial charge in [0.05, 0.1) is 21.1 Å². The van der Waals surface area contributed by atoms with E-state index in [-0.39, 0.29) is 5.65 Å². The van der Waals surface area contributed by atoms with Gasteiger partial charge in [0.2, 0.25) is 0 Å². The summed E-state index contributed by atoms with van der Waals surface area (Å²) in [6.07, 6.45) is 0. The molecular weight excluding hydrogens is 433 g/mol. The first-order valence-electron chi connectivity index (χ1n) is 8.60. The normalized spacial score (nSPS) is 11.2. The molecule has 0 aliphatic heterocycles. The van der Waals surface area contributed by atoms with E-state index in [0.717, 1.165) is 10.1 Å². The third kappa shape index (κ3) is 3.35. The van der Waals surface area contributed by atoms with E-state index in [0.29, 0.717) is 37.3 Å². The first kappa shape index (κ1) is 19.7. The second-order valence-electron chi connectivity index (χ2n) is 6.60. The second-order valence-corrected chi connectivity index (χ2v) is 7.85. The summed E-state index contributed by atoms with van der Waals surface area (Å²) < 4.78 is 2.42. The number of hydrogen-bond donors (Lipinski definition) is 0. The highest BCUT2D eigenvalue weighted by Gasteiger charge is 2.18. The first-order valence-corrected chi connectivity index (χ1v) is 9.73. The van der Waals surface area contributed by atoms with Crippen molar-refractivity contribution in [3.8, 4) is 22.4 Å². The predicted molar refractivity (Wildman–Crippen MR) is 118 cm³/mol. The molecule has 0 radical (unpaired) electrons. The summed E-state index contributed by atoms with van der Waals surface area (Å²) in [7, 11) is 3.03. The van der Waals surface area contributed by atoms with Gasteiger partial charge in [-0.15, -0.1) is 0 Å². The Balaban J connectivity index is 2.16. The zero-order chi connectivity index (χ0) is 20.9. The van der Waals surface area contributed by atoms with Crippen LogP contribution in [0, 0.1) is 0 Å². The molecule has 0 bridgehead atoms. The van der Waals surface area contributed by atoms with Crippen LogP contribution in [0.1, 0.15) is 0 Å². The predicted octanol–water partition coefficient (Wildman–Crippen LogP) is 4.93. The van der Waals surface area contributed by atoms with Gasteiger partial charge in [-0.1, -0.05) is 53.0 Å². The van der Waals surface area contributed by atoms with E-state index < -0.39 is 11.2 Å². The van der Waals surface area contributed by atoms with Crippen molar-refractivity contribution in [1.29, 1.82) is 0 Å². The lowest BCUT2D eigenvalue weighted by Gasteiger charge is -2.14. The number of halogens is 3. The van der Waals surface area contributed by atoms with Crippen molar-refractivity contribution in [2.45, 2.75) is 0 Å². The summed E-state index contributed by atoms with van der Waals surface area (Å²) in [5.41, 5.74) is 2.09. The second kappa shape index (κ2) is 7.34. The van der Waals surface area contributed by atoms with Crippen molar-refractivity contribution in [3.63, 3.8) is 0 Å². The molecule has 29 heavy (non-hydrogen) atoms. The Morgan fingerprint density at radius 2 is 1.45 bits per heavy atom. The van der Waals surface area contributed by atoms with Gasteiger partial charge in [-0.2, -0.15) is 0 Å². The number of pyridine rings is 1. The molecule has 0 saturated heterocycles. The van der Waals surface area contributed by atoms with Gasteiger partial charge >= 0.3 is 5.69 Å². The van der Waals surface area contributed by atoms with Gasteiger partial charge in [-0.25, -0.2) is 9.78 Å². The van der Waals surface area contributed by atoms with Crippen LogP contribution in [0.4, 0.5) is 0 Å². The molecule has 0 fully saturated rings. The average Bonchev–Trinajstić information content (AvgIpc) is 2.72. The molecule has 0 spiro atoms. The minimum atomic E-state index is -0.455. The summed E-state index contributed by atoms with van der Waals surface area (Å²) in [6, 6.07) is 14.1. The average molecular weight is 447 g/mol. The SMILES string of the molecule is Cn1c(=O)c2c(-c3ccc(Cl)c(Cl)c3)cc(-c3ccc(Cl)cc3)nc2n(C)c1=O. The van der Waals surface area contributed by atoms with E-state index in [1.165, 1.54) is 11.6 Å². The lowest BCUT2D eigenvalue weighted by atomic mass is 10.00. The molecule has 8 heteroatoms. The highest BCUT2D eigenvalue weighted by Crippen LogP contribution is 2.33. The Morgan fingerprint density at radius 3 is 2.10 bits per heavy atom. The van der Waals surface area contributed by atoms with Gasteiger partial charge in [0.25, 0.3) is 5.56 Å². The fourth-order valence-corrected chi connectivity index (χ4v) is 3.64. The van der Waals surface area contributed by atoms with Crippen molar-refractivity contribution in [2.24, 2.45) is 14.1 Å². The lowest BCUT2D eigenvalue weighted by Crippen LogP contribution is -2.37. The molecule has 2 aromatic carbocycles. The van der Waals surface area contributed by atoms with Crippen molar-refractivity contribution in [2.75, 3.05) is 0 Å². The number of hydrogen-bond acceptors (Lipinski definition) is 3. The van der Waals surface area contributed by atoms with Gasteiger partial charge < -0.3 is 0 Å². The number of aromatic nitrogens is 3. The minimum absolute atomic E-state index is 0.284. The van der Waals surface area contributed by atoms with E-state index in [2.05, 4.69) is 4.98 Å². The Hall–Kier alpha value is -2.60. The van der Waals surface area contributed by atoms with Gasteiger partial charge in [0, 0.05) is 30.2 Å². The summed E-state index contributed by atoms with van der Waals surface area (Å²) in [6.45, 7) is 0. The maximum Gasteiger partial charge on any atom is 0.332 e. The first-order chi connectivity index (χ1) is 13.8. The van der Waals surface area contributed by atoms with Crippen molar-refractivity contribution < 1.29 is 0 Å². The lowest BCUT2D eigenvalue weighted by molar-refractivity contribution is 0.708. The molecule has 4 rings (SSSR count). The molecule has 2 heterocycles. The number of fused-ring (bicyclic) bond motifs is 1. The van der Waals surface area contributed by atoms with Gasteiger partial charge in [0.1, 0.15) is 0 Å². The van der Waals surface area contributed by atoms with E-state index in [1.807, 2.05) is 12.1 Å². The molecule has 0 amide bonds. The Kier molecular flexibility index (Phi) is 4.99. The number of aryl methyl sites for hydroxylation is 1. The van der Waals surface area contributed by atoms with Crippen LogP contribution in [0.25, 0.3) is 33.4 Å². The van der Waals surface area contributed by atoms with Crippen molar-refractivity contribution in [1.82, 2.24) is 14.1 Å². The standard InChI is InChI=1S/C21H14Cl3N3O2/c1-26-19-18(20(28)27(2)21(26)29)14(12-5-8-15(23)16(24)9-12)10-17(25-19)11-3-6-13(22)7-4-11/h3-10H,1-2H3. The van der Waals surface area contributed by atoms with E-state index in [4.69, 9.17) is 34.8 Å². The molecule has 0 aliphatic carbocycles. The smallest absolute Gasteiger partial charge is 0.280 e. The fraction of sp³-hybridized carbons (Fsp3) is 0.0952. The largest absolute Gasteiger partial charge is 0.332 e. The number of benzene rings is 2. The molecule has 5 nitrogen and oxygen atoms in total. The van der Waals surface area contributed by atoms with Gasteiger partial charge in [0.15, 0.2) is 5.65 Å². The Bertz CT molecular complexity index is 1390. The van der Waals surface area contributed by atoms with Gasteiger partial charge in [-0.3, -0.25) is 13.9 Å². The third-order valence-electron chi connectivity index (χ3n) is 4.78. The summed E-state index contributed by atoms with van der Waals surface area (Å²) in [5, 5.41) is 1.70. The minimum Gasteiger partial charge on any atom is -0.280 e. The molecule has 4 aromatic rings. The van der Waals surface area contributed by atoms with Crippen molar-refractivity contribution >= 4 is 45.8 Å². The third-order valence-corrected chi connectivity index (χ3v) is 5.77. The van der Waals surface area contributed by atoms with E-state index in [9.17, 15) is 9.59 Å². The molecule has 0 aliphatic rings. The summed E-state index contributed by atoms with van der Waals surface area (Å²) in [4.78, 5) is 30.1. The monoisotopic (exact) mass is 445 g/mol. The van der Waals surface area contributed by atoms with Crippen LogP contribution in [0.5, 0.6) is 0 Å². The molecular formula is C21H14Cl3N3O2. The van der Waals surface area contributed by atoms with Crippen LogP contribution in [0.3, 0.4) is 0 Å². The number of rotatable bonds is 2. The molecule has 0 saturated carbocycles. The Labute approximate surface area is 180 Å². The zero-order valence-corrected chi connectivity index (χ0v) is 17.7. The highest BCUT2D eigenvalue weighted by molar-refractivity contribution is 6.42. The quantitative estimate of drug-likeness (QED) is 0.439. The van der Waals surface area contributed by atoms with E-state index in [1.54, 1.807) is 43.4 Å². The van der Waals surface area contributed by atoms with Gasteiger partial charge in [-0.05, 0) is 35.9 Å². The van der Waals surface area contributed by atoms with Crippen LogP contribution in [-0.4, -0.2) is 14.1 Å². The Morgan fingerprint density at radius 1 is 0.793 bits per heavy atom. The van der Waals surface area contributed by atoms with Crippen LogP contribution >= 0.6 is 34.8 Å². The zero-order valence-electron chi connectivity index (χ0n) is 15.4. The van der Waals surface area contributed by atoms with Crippen LogP contribution in [0.15, 0.2) is 58.1 Å². The molecule has 2 aromatic heterocycles. The molecule has 0 unspecified atom stereocenters. The maximum atomic E-state index is 13.0. The molecule has 0 atom stereocenters. The van der Waals surface area contributed by atoms with E-state index >= 15 is 0 Å². The summed E-state index contributed by atoms with van der Waals surface area (Å²) in [5.74, 6) is 0. The van der Waals surface area contributed by atoms with Crippen LogP contribution < -0.4 is 11.2 Å². The highest BCUT2D eigenvalue weighted by atomic mass is 35.5. The topological polar surface area (TPSA) is 56.9 Å². The fourth-order valence-electron chi connectivity index (χ4n) is 3.22. The number of nitrogens with zero attached hydrogens (tertiary/aromatic N) is 3. The molecule has 146 valence electrons. The summed E-state index contributed by atoms with van der Waals surface area (Å²) >= 11 is 18.3. The van der Waals surface area contributed by atoms with Crippen molar-refractivity contribution in [3.05, 3.63) is 84.4 Å². The van der Waals surface area contributed by atoms with Crippen LogP contribution in [0.2, 0.25) is 15.1 Å². The van der Waals surface area contributed by atoms with Crippen LogP contribution in [-0.2, 0) is 14.1 Å².